The molecule has 1 amide bonds. The van der Waals surface area contributed by atoms with Crippen molar-refractivity contribution in [3.05, 3.63) is 47.2 Å². The van der Waals surface area contributed by atoms with Gasteiger partial charge in [0.25, 0.3) is 15.9 Å². The van der Waals surface area contributed by atoms with Crippen LogP contribution in [0.4, 0.5) is 5.69 Å². The summed E-state index contributed by atoms with van der Waals surface area (Å²) in [5.41, 5.74) is 7.67. The highest BCUT2D eigenvalue weighted by molar-refractivity contribution is 7.90. The molecule has 0 radical (unpaired) electrons. The predicted molar refractivity (Wildman–Crippen MR) is 108 cm³/mol. The smallest absolute Gasteiger partial charge is 0.268 e. The van der Waals surface area contributed by atoms with E-state index < -0.39 is 10.0 Å². The van der Waals surface area contributed by atoms with Gasteiger partial charge in [-0.1, -0.05) is 11.6 Å². The minimum absolute atomic E-state index is 0.0311. The van der Waals surface area contributed by atoms with E-state index in [1.165, 1.54) is 34.4 Å². The molecule has 29 heavy (non-hydrogen) atoms. The lowest BCUT2D eigenvalue weighted by Gasteiger charge is -2.18. The molecule has 9 nitrogen and oxygen atoms in total. The average molecular weight is 437 g/mol. The Balaban J connectivity index is 0.00000117. The molecule has 2 aromatic heterocycles. The van der Waals surface area contributed by atoms with E-state index in [2.05, 4.69) is 10.3 Å². The fourth-order valence-corrected chi connectivity index (χ4v) is 4.52. The fraction of sp³-hybridized carbons (Fsp3) is 0.167. The molecule has 0 saturated carbocycles. The van der Waals surface area contributed by atoms with Crippen molar-refractivity contribution in [1.29, 1.82) is 0 Å². The SMILES string of the molecule is C=O.NCCc1cn(S(=O)(=O)c2ccc3c(c2)OCC(=O)N3)c2ccc(Cl)nc12. The molecule has 1 aromatic carbocycles. The summed E-state index contributed by atoms with van der Waals surface area (Å²) < 4.78 is 32.9. The zero-order valence-electron chi connectivity index (χ0n) is 15.1. The first-order chi connectivity index (χ1) is 13.9. The van der Waals surface area contributed by atoms with E-state index >= 15 is 0 Å². The third kappa shape index (κ3) is 3.82. The molecule has 152 valence electrons. The Kier molecular flexibility index (Phi) is 5.87. The van der Waals surface area contributed by atoms with Crippen LogP contribution < -0.4 is 15.8 Å². The second-order valence-electron chi connectivity index (χ2n) is 5.99. The molecule has 0 atom stereocenters. The van der Waals surface area contributed by atoms with Crippen LogP contribution in [0.15, 0.2) is 41.4 Å². The van der Waals surface area contributed by atoms with E-state index in [0.29, 0.717) is 41.0 Å². The number of halogens is 1. The number of pyridine rings is 1. The van der Waals surface area contributed by atoms with Crippen molar-refractivity contribution >= 4 is 51.0 Å². The summed E-state index contributed by atoms with van der Waals surface area (Å²) in [7, 11) is -3.92. The summed E-state index contributed by atoms with van der Waals surface area (Å²) >= 11 is 5.97. The van der Waals surface area contributed by atoms with E-state index in [1.807, 2.05) is 6.79 Å². The van der Waals surface area contributed by atoms with Gasteiger partial charge in [0.05, 0.1) is 21.6 Å². The highest BCUT2D eigenvalue weighted by Gasteiger charge is 2.25. The molecule has 0 fully saturated rings. The van der Waals surface area contributed by atoms with Crippen LogP contribution in [0.2, 0.25) is 5.15 Å². The number of anilines is 1. The lowest BCUT2D eigenvalue weighted by atomic mass is 10.2. The molecule has 4 rings (SSSR count). The molecule has 0 bridgehead atoms. The number of rotatable bonds is 4. The van der Waals surface area contributed by atoms with Crippen molar-refractivity contribution in [3.63, 3.8) is 0 Å². The van der Waals surface area contributed by atoms with Crippen LogP contribution in [-0.2, 0) is 26.0 Å². The van der Waals surface area contributed by atoms with Crippen LogP contribution in [-0.4, -0.2) is 43.2 Å². The number of nitrogens with one attached hydrogen (secondary N) is 1. The zero-order chi connectivity index (χ0) is 21.2. The predicted octanol–water partition coefficient (Wildman–Crippen LogP) is 1.57. The first-order valence-electron chi connectivity index (χ1n) is 8.38. The van der Waals surface area contributed by atoms with Crippen molar-refractivity contribution in [3.8, 4) is 5.75 Å². The van der Waals surface area contributed by atoms with Gasteiger partial charge < -0.3 is 20.6 Å². The van der Waals surface area contributed by atoms with Crippen LogP contribution in [0.25, 0.3) is 11.0 Å². The molecule has 0 spiro atoms. The van der Waals surface area contributed by atoms with Gasteiger partial charge in [-0.25, -0.2) is 17.4 Å². The average Bonchev–Trinajstić information content (AvgIpc) is 3.08. The molecule has 11 heteroatoms. The maximum atomic E-state index is 13.2. The summed E-state index contributed by atoms with van der Waals surface area (Å²) in [5, 5.41) is 2.90. The Labute approximate surface area is 171 Å². The van der Waals surface area contributed by atoms with Gasteiger partial charge in [-0.05, 0) is 42.8 Å². The van der Waals surface area contributed by atoms with E-state index in [-0.39, 0.29) is 22.6 Å². The highest BCUT2D eigenvalue weighted by Crippen LogP contribution is 2.32. The molecule has 3 aromatic rings. The van der Waals surface area contributed by atoms with E-state index in [4.69, 9.17) is 26.9 Å². The van der Waals surface area contributed by atoms with Gasteiger partial charge in [-0.15, -0.1) is 0 Å². The Morgan fingerprint density at radius 1 is 1.28 bits per heavy atom. The van der Waals surface area contributed by atoms with Crippen LogP contribution in [0, 0.1) is 0 Å². The van der Waals surface area contributed by atoms with Crippen molar-refractivity contribution < 1.29 is 22.7 Å². The van der Waals surface area contributed by atoms with Gasteiger partial charge >= 0.3 is 0 Å². The van der Waals surface area contributed by atoms with E-state index in [1.54, 1.807) is 6.07 Å². The number of amides is 1. The van der Waals surface area contributed by atoms with E-state index in [9.17, 15) is 13.2 Å². The van der Waals surface area contributed by atoms with Crippen molar-refractivity contribution in [2.45, 2.75) is 11.3 Å². The Morgan fingerprint density at radius 2 is 2.03 bits per heavy atom. The van der Waals surface area contributed by atoms with Crippen molar-refractivity contribution in [2.75, 3.05) is 18.5 Å². The second-order valence-corrected chi connectivity index (χ2v) is 8.19. The summed E-state index contributed by atoms with van der Waals surface area (Å²) in [6, 6.07) is 7.45. The number of ether oxygens (including phenoxy) is 1. The van der Waals surface area contributed by atoms with Gasteiger partial charge in [-0.3, -0.25) is 4.79 Å². The molecule has 3 N–H and O–H groups in total. The zero-order valence-corrected chi connectivity index (χ0v) is 16.7. The quantitative estimate of drug-likeness (QED) is 0.593. The first-order valence-corrected chi connectivity index (χ1v) is 10.2. The third-order valence-corrected chi connectivity index (χ3v) is 6.09. The van der Waals surface area contributed by atoms with Crippen LogP contribution >= 0.6 is 11.6 Å². The number of carbonyl (C=O) groups excluding carboxylic acids is 2. The lowest BCUT2D eigenvalue weighted by molar-refractivity contribution is -0.118. The maximum absolute atomic E-state index is 13.2. The third-order valence-electron chi connectivity index (χ3n) is 4.21. The second kappa shape index (κ2) is 8.19. The van der Waals surface area contributed by atoms with Gasteiger partial charge in [0, 0.05) is 12.3 Å². The molecule has 3 heterocycles. The lowest BCUT2D eigenvalue weighted by Crippen LogP contribution is -2.25. The summed E-state index contributed by atoms with van der Waals surface area (Å²) in [4.78, 5) is 23.7. The molecule has 1 aliphatic heterocycles. The number of benzene rings is 1. The van der Waals surface area contributed by atoms with Crippen molar-refractivity contribution in [2.24, 2.45) is 5.73 Å². The largest absolute Gasteiger partial charge is 0.482 e. The normalized spacial score (nSPS) is 13.1. The molecular weight excluding hydrogens is 420 g/mol. The summed E-state index contributed by atoms with van der Waals surface area (Å²) in [6.45, 7) is 2.19. The highest BCUT2D eigenvalue weighted by atomic mass is 35.5. The molecular formula is C18H17ClN4O5S. The number of carbonyl (C=O) groups is 2. The monoisotopic (exact) mass is 436 g/mol. The Morgan fingerprint density at radius 3 is 2.76 bits per heavy atom. The molecule has 0 unspecified atom stereocenters. The number of nitrogens with zero attached hydrogens (tertiary/aromatic N) is 2. The Hall–Kier alpha value is -2.95. The van der Waals surface area contributed by atoms with Gasteiger partial charge in [0.1, 0.15) is 17.7 Å². The van der Waals surface area contributed by atoms with Gasteiger partial charge in [0.15, 0.2) is 6.61 Å². The minimum Gasteiger partial charge on any atom is -0.482 e. The van der Waals surface area contributed by atoms with E-state index in [0.717, 1.165) is 0 Å². The van der Waals surface area contributed by atoms with Crippen LogP contribution in [0.1, 0.15) is 5.56 Å². The van der Waals surface area contributed by atoms with Crippen LogP contribution in [0.3, 0.4) is 0 Å². The molecule has 1 aliphatic rings. The standard InChI is InChI=1S/C17H15ClN4O4S.CH2O/c18-15-4-3-13-17(21-15)10(5-6-19)8-22(13)27(24,25)11-1-2-12-14(7-11)26-9-16(23)20-12;1-2/h1-4,7-8H,5-6,9,19H2,(H,20,23);1H2. The van der Waals surface area contributed by atoms with Gasteiger partial charge in [-0.2, -0.15) is 0 Å². The maximum Gasteiger partial charge on any atom is 0.268 e. The van der Waals surface area contributed by atoms with Crippen LogP contribution in [0.5, 0.6) is 5.75 Å². The van der Waals surface area contributed by atoms with Gasteiger partial charge in [0.2, 0.25) is 0 Å². The summed E-state index contributed by atoms with van der Waals surface area (Å²) in [5.74, 6) is 0.0133. The molecule has 0 saturated heterocycles. The Bertz CT molecular complexity index is 1190. The fourth-order valence-electron chi connectivity index (χ4n) is 2.98. The number of aromatic nitrogens is 2. The minimum atomic E-state index is -3.92. The first kappa shape index (κ1) is 20.8. The number of fused-ring (bicyclic) bond motifs is 2. The molecule has 0 aliphatic carbocycles. The number of hydrogen-bond donors (Lipinski definition) is 2. The summed E-state index contributed by atoms with van der Waals surface area (Å²) in [6.07, 6.45) is 1.98. The van der Waals surface area contributed by atoms with Crippen molar-refractivity contribution in [1.82, 2.24) is 8.96 Å². The number of hydrogen-bond acceptors (Lipinski definition) is 7. The number of nitrogens with two attached hydrogens (primary N) is 1. The topological polar surface area (TPSA) is 133 Å².